The van der Waals surface area contributed by atoms with E-state index in [1.54, 1.807) is 25.1 Å². The minimum Gasteiger partial charge on any atom is -0.456 e. The van der Waals surface area contributed by atoms with E-state index in [9.17, 15) is 18.0 Å². The van der Waals surface area contributed by atoms with Gasteiger partial charge in [0.05, 0.1) is 6.42 Å². The summed E-state index contributed by atoms with van der Waals surface area (Å²) in [5.74, 6) is -5.26. The lowest BCUT2D eigenvalue weighted by Crippen LogP contribution is -2.29. The van der Waals surface area contributed by atoms with Crippen LogP contribution in [-0.4, -0.2) is 24.5 Å². The number of benzene rings is 1. The number of nitrogens with one attached hydrogen (secondary N) is 1. The van der Waals surface area contributed by atoms with Crippen LogP contribution in [0.15, 0.2) is 24.3 Å². The van der Waals surface area contributed by atoms with Crippen LogP contribution in [-0.2, 0) is 9.53 Å². The summed E-state index contributed by atoms with van der Waals surface area (Å²) in [6.07, 6.45) is -1.51. The molecule has 1 aliphatic heterocycles. The van der Waals surface area contributed by atoms with Crippen LogP contribution in [0.5, 0.6) is 0 Å². The molecule has 2 atom stereocenters. The van der Waals surface area contributed by atoms with Crippen molar-refractivity contribution in [3.05, 3.63) is 35.6 Å². The van der Waals surface area contributed by atoms with E-state index in [1.807, 2.05) is 0 Å². The number of esters is 1. The number of cyclic esters (lactones) is 1. The van der Waals surface area contributed by atoms with Crippen molar-refractivity contribution in [1.29, 1.82) is 0 Å². The zero-order valence-corrected chi connectivity index (χ0v) is 10.3. The molecule has 1 heterocycles. The van der Waals surface area contributed by atoms with Gasteiger partial charge in [-0.05, 0) is 13.0 Å². The standard InChI is InChI=1S/C13H14F3NO2/c1-8(10-4-2-3-5-11(10)14)17-7-9-6-13(15,16)12(18)19-9/h2-5,8-9,17H,6-7H2,1H3. The van der Waals surface area contributed by atoms with Gasteiger partial charge in [-0.3, -0.25) is 0 Å². The van der Waals surface area contributed by atoms with Crippen molar-refractivity contribution < 1.29 is 22.7 Å². The molecule has 1 aliphatic rings. The van der Waals surface area contributed by atoms with Crippen molar-refractivity contribution in [2.75, 3.05) is 6.54 Å². The van der Waals surface area contributed by atoms with E-state index in [-0.39, 0.29) is 18.4 Å². The summed E-state index contributed by atoms with van der Waals surface area (Å²) in [7, 11) is 0. The maximum Gasteiger partial charge on any atom is 0.377 e. The third-order valence-electron chi connectivity index (χ3n) is 3.08. The first-order valence-corrected chi connectivity index (χ1v) is 5.97. The number of ether oxygens (including phenoxy) is 1. The number of alkyl halides is 2. The number of hydrogen-bond acceptors (Lipinski definition) is 3. The lowest BCUT2D eigenvalue weighted by molar-refractivity contribution is -0.159. The quantitative estimate of drug-likeness (QED) is 0.856. The topological polar surface area (TPSA) is 38.3 Å². The van der Waals surface area contributed by atoms with Crippen LogP contribution in [0.3, 0.4) is 0 Å². The Balaban J connectivity index is 1.90. The van der Waals surface area contributed by atoms with Gasteiger partial charge in [-0.1, -0.05) is 18.2 Å². The number of carbonyl (C=O) groups is 1. The molecule has 0 aliphatic carbocycles. The van der Waals surface area contributed by atoms with Crippen molar-refractivity contribution in [2.45, 2.75) is 31.4 Å². The van der Waals surface area contributed by atoms with Crippen LogP contribution < -0.4 is 5.32 Å². The Labute approximate surface area is 108 Å². The molecular formula is C13H14F3NO2. The SMILES string of the molecule is CC(NCC1CC(F)(F)C(=O)O1)c1ccccc1F. The summed E-state index contributed by atoms with van der Waals surface area (Å²) in [6, 6.07) is 5.86. The molecule has 1 saturated heterocycles. The first-order valence-electron chi connectivity index (χ1n) is 5.97. The van der Waals surface area contributed by atoms with Gasteiger partial charge < -0.3 is 10.1 Å². The number of rotatable bonds is 4. The Morgan fingerprint density at radius 3 is 2.74 bits per heavy atom. The van der Waals surface area contributed by atoms with Crippen molar-refractivity contribution in [1.82, 2.24) is 5.32 Å². The van der Waals surface area contributed by atoms with E-state index in [2.05, 4.69) is 10.1 Å². The van der Waals surface area contributed by atoms with Gasteiger partial charge in [0.1, 0.15) is 11.9 Å². The maximum absolute atomic E-state index is 13.5. The van der Waals surface area contributed by atoms with Crippen LogP contribution in [0.25, 0.3) is 0 Å². The van der Waals surface area contributed by atoms with Crippen molar-refractivity contribution >= 4 is 5.97 Å². The molecule has 6 heteroatoms. The molecule has 0 amide bonds. The molecule has 2 rings (SSSR count). The summed E-state index contributed by atoms with van der Waals surface area (Å²) < 4.78 is 43.9. The predicted octanol–water partition coefficient (Wildman–Crippen LogP) is 2.43. The third-order valence-corrected chi connectivity index (χ3v) is 3.08. The predicted molar refractivity (Wildman–Crippen MR) is 62.3 cm³/mol. The summed E-state index contributed by atoms with van der Waals surface area (Å²) >= 11 is 0. The van der Waals surface area contributed by atoms with Crippen molar-refractivity contribution in [3.8, 4) is 0 Å². The highest BCUT2D eigenvalue weighted by Crippen LogP contribution is 2.30. The molecule has 1 aromatic carbocycles. The zero-order chi connectivity index (χ0) is 14.0. The van der Waals surface area contributed by atoms with Gasteiger partial charge in [-0.2, -0.15) is 8.78 Å². The molecule has 0 saturated carbocycles. The second-order valence-corrected chi connectivity index (χ2v) is 4.59. The summed E-state index contributed by atoms with van der Waals surface area (Å²) in [5.41, 5.74) is 0.443. The first-order chi connectivity index (χ1) is 8.90. The van der Waals surface area contributed by atoms with E-state index in [4.69, 9.17) is 0 Å². The molecule has 1 fully saturated rings. The highest BCUT2D eigenvalue weighted by Gasteiger charge is 2.50. The zero-order valence-electron chi connectivity index (χ0n) is 10.3. The molecule has 1 aromatic rings. The van der Waals surface area contributed by atoms with E-state index in [0.29, 0.717) is 5.56 Å². The molecule has 1 N–H and O–H groups in total. The van der Waals surface area contributed by atoms with E-state index in [1.165, 1.54) is 6.07 Å². The molecule has 0 bridgehead atoms. The Kier molecular flexibility index (Phi) is 3.80. The molecular weight excluding hydrogens is 259 g/mol. The Morgan fingerprint density at radius 1 is 1.47 bits per heavy atom. The lowest BCUT2D eigenvalue weighted by atomic mass is 10.1. The smallest absolute Gasteiger partial charge is 0.377 e. The summed E-state index contributed by atoms with van der Waals surface area (Å²) in [5, 5.41) is 2.89. The van der Waals surface area contributed by atoms with Gasteiger partial charge in [-0.25, -0.2) is 9.18 Å². The molecule has 2 unspecified atom stereocenters. The number of hydrogen-bond donors (Lipinski definition) is 1. The Morgan fingerprint density at radius 2 is 2.16 bits per heavy atom. The summed E-state index contributed by atoms with van der Waals surface area (Å²) in [4.78, 5) is 10.8. The molecule has 0 aromatic heterocycles. The normalized spacial score (nSPS) is 23.2. The van der Waals surface area contributed by atoms with Crippen LogP contribution in [0, 0.1) is 5.82 Å². The fraction of sp³-hybridized carbons (Fsp3) is 0.462. The Hall–Kier alpha value is -1.56. The van der Waals surface area contributed by atoms with E-state index >= 15 is 0 Å². The minimum absolute atomic E-state index is 0.0663. The lowest BCUT2D eigenvalue weighted by Gasteiger charge is -2.17. The second-order valence-electron chi connectivity index (χ2n) is 4.59. The number of carbonyl (C=O) groups excluding carboxylic acids is 1. The van der Waals surface area contributed by atoms with Gasteiger partial charge in [0.25, 0.3) is 0 Å². The van der Waals surface area contributed by atoms with Gasteiger partial charge >= 0.3 is 11.9 Å². The first kappa shape index (κ1) is 13.9. The monoisotopic (exact) mass is 273 g/mol. The largest absolute Gasteiger partial charge is 0.456 e. The maximum atomic E-state index is 13.5. The fourth-order valence-electron chi connectivity index (χ4n) is 2.01. The van der Waals surface area contributed by atoms with E-state index < -0.39 is 24.4 Å². The van der Waals surface area contributed by atoms with E-state index in [0.717, 1.165) is 0 Å². The highest BCUT2D eigenvalue weighted by molar-refractivity contribution is 5.79. The number of halogens is 3. The van der Waals surface area contributed by atoms with Gasteiger partial charge in [0.2, 0.25) is 0 Å². The van der Waals surface area contributed by atoms with Crippen LogP contribution in [0.2, 0.25) is 0 Å². The van der Waals surface area contributed by atoms with Crippen LogP contribution >= 0.6 is 0 Å². The molecule has 0 radical (unpaired) electrons. The van der Waals surface area contributed by atoms with Crippen molar-refractivity contribution in [2.24, 2.45) is 0 Å². The molecule has 19 heavy (non-hydrogen) atoms. The molecule has 0 spiro atoms. The molecule has 3 nitrogen and oxygen atoms in total. The summed E-state index contributed by atoms with van der Waals surface area (Å²) in [6.45, 7) is 1.78. The highest BCUT2D eigenvalue weighted by atomic mass is 19.3. The van der Waals surface area contributed by atoms with Gasteiger partial charge in [0, 0.05) is 18.2 Å². The van der Waals surface area contributed by atoms with Gasteiger partial charge in [-0.15, -0.1) is 0 Å². The van der Waals surface area contributed by atoms with Gasteiger partial charge in [0.15, 0.2) is 0 Å². The average molecular weight is 273 g/mol. The Bertz CT molecular complexity index is 479. The van der Waals surface area contributed by atoms with Crippen molar-refractivity contribution in [3.63, 3.8) is 0 Å². The minimum atomic E-state index is -3.41. The molecule has 104 valence electrons. The van der Waals surface area contributed by atoms with Crippen LogP contribution in [0.4, 0.5) is 13.2 Å². The fourth-order valence-corrected chi connectivity index (χ4v) is 2.01. The van der Waals surface area contributed by atoms with Crippen LogP contribution in [0.1, 0.15) is 24.9 Å². The third kappa shape index (κ3) is 3.07. The average Bonchev–Trinajstić information content (AvgIpc) is 2.61. The second kappa shape index (κ2) is 5.21.